The molecular weight excluding hydrogens is 224 g/mol. The van der Waals surface area contributed by atoms with Crippen molar-refractivity contribution in [2.75, 3.05) is 6.61 Å². The maximum absolute atomic E-state index is 10.8. The molecule has 2 aromatic rings. The highest BCUT2D eigenvalue weighted by Crippen LogP contribution is 2.29. The zero-order valence-electron chi connectivity index (χ0n) is 8.27. The van der Waals surface area contributed by atoms with Gasteiger partial charge >= 0.3 is 5.97 Å². The van der Waals surface area contributed by atoms with Crippen LogP contribution in [0.4, 0.5) is 0 Å². The Balaban J connectivity index is 2.38. The fourth-order valence-electron chi connectivity index (χ4n) is 1.33. The van der Waals surface area contributed by atoms with Gasteiger partial charge in [-0.05, 0) is 29.7 Å². The number of aromatic carboxylic acids is 1. The van der Waals surface area contributed by atoms with E-state index in [0.29, 0.717) is 10.6 Å². The molecule has 0 atom stereocenters. The number of terminal acetylenes is 1. The van der Waals surface area contributed by atoms with Crippen LogP contribution >= 0.6 is 11.3 Å². The molecule has 0 aliphatic heterocycles. The lowest BCUT2D eigenvalue weighted by atomic mass is 10.2. The Kier molecular flexibility index (Phi) is 2.80. The Morgan fingerprint density at radius 3 is 3.00 bits per heavy atom. The molecule has 2 rings (SSSR count). The van der Waals surface area contributed by atoms with E-state index in [0.717, 1.165) is 10.1 Å². The van der Waals surface area contributed by atoms with Crippen molar-refractivity contribution in [1.29, 1.82) is 0 Å². The van der Waals surface area contributed by atoms with E-state index in [1.54, 1.807) is 18.2 Å². The van der Waals surface area contributed by atoms with Crippen LogP contribution in [0.1, 0.15) is 9.67 Å². The van der Waals surface area contributed by atoms with Gasteiger partial charge in [-0.25, -0.2) is 4.79 Å². The zero-order valence-corrected chi connectivity index (χ0v) is 9.08. The van der Waals surface area contributed by atoms with E-state index in [1.165, 1.54) is 11.3 Å². The van der Waals surface area contributed by atoms with Gasteiger partial charge < -0.3 is 9.84 Å². The van der Waals surface area contributed by atoms with Gasteiger partial charge in [-0.2, -0.15) is 0 Å². The van der Waals surface area contributed by atoms with Gasteiger partial charge in [0.15, 0.2) is 0 Å². The molecule has 0 fully saturated rings. The van der Waals surface area contributed by atoms with Crippen molar-refractivity contribution in [3.05, 3.63) is 29.1 Å². The lowest BCUT2D eigenvalue weighted by Crippen LogP contribution is -1.92. The molecule has 4 heteroatoms. The molecule has 1 aromatic carbocycles. The first-order valence-corrected chi connectivity index (χ1v) is 5.35. The van der Waals surface area contributed by atoms with E-state index in [9.17, 15) is 4.79 Å². The van der Waals surface area contributed by atoms with E-state index in [-0.39, 0.29) is 6.61 Å². The number of benzene rings is 1. The van der Waals surface area contributed by atoms with Crippen LogP contribution in [-0.2, 0) is 0 Å². The molecule has 1 aromatic heterocycles. The summed E-state index contributed by atoms with van der Waals surface area (Å²) < 4.78 is 6.14. The molecule has 16 heavy (non-hydrogen) atoms. The molecular formula is C12H8O3S. The molecule has 1 N–H and O–H groups in total. The molecule has 3 nitrogen and oxygen atoms in total. The molecule has 0 radical (unpaired) electrons. The smallest absolute Gasteiger partial charge is 0.345 e. The second-order valence-electron chi connectivity index (χ2n) is 3.11. The number of rotatable bonds is 3. The van der Waals surface area contributed by atoms with Crippen LogP contribution in [0.15, 0.2) is 24.3 Å². The van der Waals surface area contributed by atoms with Crippen LogP contribution in [0.2, 0.25) is 0 Å². The highest BCUT2D eigenvalue weighted by molar-refractivity contribution is 7.20. The van der Waals surface area contributed by atoms with Crippen LogP contribution in [0, 0.1) is 12.3 Å². The van der Waals surface area contributed by atoms with Crippen molar-refractivity contribution in [2.45, 2.75) is 0 Å². The van der Waals surface area contributed by atoms with Gasteiger partial charge in [-0.3, -0.25) is 0 Å². The second kappa shape index (κ2) is 4.25. The topological polar surface area (TPSA) is 46.5 Å². The first-order chi connectivity index (χ1) is 7.70. The Morgan fingerprint density at radius 2 is 2.31 bits per heavy atom. The summed E-state index contributed by atoms with van der Waals surface area (Å²) in [6, 6.07) is 7.04. The standard InChI is InChI=1S/C12H8O3S/c1-2-5-15-9-4-3-8-6-11(12(13)14)16-10(8)7-9/h1,3-4,6-7H,5H2,(H,13,14). The normalized spacial score (nSPS) is 9.94. The quantitative estimate of drug-likeness (QED) is 0.827. The minimum Gasteiger partial charge on any atom is -0.481 e. The largest absolute Gasteiger partial charge is 0.481 e. The predicted octanol–water partition coefficient (Wildman–Crippen LogP) is 2.61. The number of ether oxygens (including phenoxy) is 1. The summed E-state index contributed by atoms with van der Waals surface area (Å²) in [4.78, 5) is 11.1. The Bertz CT molecular complexity index is 577. The van der Waals surface area contributed by atoms with Crippen LogP contribution < -0.4 is 4.74 Å². The number of fused-ring (bicyclic) bond motifs is 1. The lowest BCUT2D eigenvalue weighted by Gasteiger charge is -2.00. The number of carboxylic acids is 1. The average molecular weight is 232 g/mol. The highest BCUT2D eigenvalue weighted by atomic mass is 32.1. The van der Waals surface area contributed by atoms with Gasteiger partial charge in [0.05, 0.1) is 0 Å². The van der Waals surface area contributed by atoms with Gasteiger partial charge in [0, 0.05) is 4.70 Å². The van der Waals surface area contributed by atoms with E-state index >= 15 is 0 Å². The van der Waals surface area contributed by atoms with Crippen molar-refractivity contribution in [3.8, 4) is 18.1 Å². The van der Waals surface area contributed by atoms with Gasteiger partial charge in [0.1, 0.15) is 17.2 Å². The van der Waals surface area contributed by atoms with Crippen LogP contribution in [0.5, 0.6) is 5.75 Å². The van der Waals surface area contributed by atoms with Crippen molar-refractivity contribution < 1.29 is 14.6 Å². The number of hydrogen-bond donors (Lipinski definition) is 1. The fourth-order valence-corrected chi connectivity index (χ4v) is 2.26. The van der Waals surface area contributed by atoms with E-state index < -0.39 is 5.97 Å². The molecule has 1 heterocycles. The third-order valence-electron chi connectivity index (χ3n) is 2.02. The number of thiophene rings is 1. The first-order valence-electron chi connectivity index (χ1n) is 4.54. The highest BCUT2D eigenvalue weighted by Gasteiger charge is 2.08. The first kappa shape index (κ1) is 10.5. The van der Waals surface area contributed by atoms with Gasteiger partial charge in [-0.15, -0.1) is 17.8 Å². The third kappa shape index (κ3) is 2.00. The van der Waals surface area contributed by atoms with Gasteiger partial charge in [0.2, 0.25) is 0 Å². The molecule has 80 valence electrons. The van der Waals surface area contributed by atoms with E-state index in [2.05, 4.69) is 5.92 Å². The molecule has 0 amide bonds. The summed E-state index contributed by atoms with van der Waals surface area (Å²) in [6.45, 7) is 0.211. The summed E-state index contributed by atoms with van der Waals surface area (Å²) in [6.07, 6.45) is 5.08. The van der Waals surface area contributed by atoms with Crippen LogP contribution in [0.3, 0.4) is 0 Å². The number of hydrogen-bond acceptors (Lipinski definition) is 3. The fraction of sp³-hybridized carbons (Fsp3) is 0.0833. The summed E-state index contributed by atoms with van der Waals surface area (Å²) in [5.41, 5.74) is 0. The molecule has 0 spiro atoms. The molecule has 0 saturated heterocycles. The molecule has 0 saturated carbocycles. The van der Waals surface area contributed by atoms with Crippen LogP contribution in [-0.4, -0.2) is 17.7 Å². The molecule has 0 aliphatic rings. The molecule has 0 aliphatic carbocycles. The maximum Gasteiger partial charge on any atom is 0.345 e. The zero-order chi connectivity index (χ0) is 11.5. The average Bonchev–Trinajstić information content (AvgIpc) is 2.69. The minimum absolute atomic E-state index is 0.211. The Labute approximate surface area is 96.3 Å². The van der Waals surface area contributed by atoms with Crippen molar-refractivity contribution in [2.24, 2.45) is 0 Å². The van der Waals surface area contributed by atoms with Gasteiger partial charge in [0.25, 0.3) is 0 Å². The van der Waals surface area contributed by atoms with Crippen molar-refractivity contribution in [1.82, 2.24) is 0 Å². The monoisotopic (exact) mass is 232 g/mol. The summed E-state index contributed by atoms with van der Waals surface area (Å²) in [5.74, 6) is 2.12. The lowest BCUT2D eigenvalue weighted by molar-refractivity contribution is 0.0702. The summed E-state index contributed by atoms with van der Waals surface area (Å²) in [7, 11) is 0. The second-order valence-corrected chi connectivity index (χ2v) is 4.19. The Hall–Kier alpha value is -1.99. The van der Waals surface area contributed by atoms with Crippen molar-refractivity contribution >= 4 is 27.4 Å². The summed E-state index contributed by atoms with van der Waals surface area (Å²) in [5, 5.41) is 9.75. The van der Waals surface area contributed by atoms with Crippen LogP contribution in [0.25, 0.3) is 10.1 Å². The summed E-state index contributed by atoms with van der Waals surface area (Å²) >= 11 is 1.22. The molecule has 0 bridgehead atoms. The SMILES string of the molecule is C#CCOc1ccc2cc(C(=O)O)sc2c1. The van der Waals surface area contributed by atoms with E-state index in [1.807, 2.05) is 6.07 Å². The Morgan fingerprint density at radius 1 is 1.50 bits per heavy atom. The minimum atomic E-state index is -0.910. The van der Waals surface area contributed by atoms with Gasteiger partial charge in [-0.1, -0.05) is 5.92 Å². The number of carbonyl (C=O) groups is 1. The maximum atomic E-state index is 10.8. The van der Waals surface area contributed by atoms with E-state index in [4.69, 9.17) is 16.3 Å². The third-order valence-corrected chi connectivity index (χ3v) is 3.11. The molecule has 0 unspecified atom stereocenters. The van der Waals surface area contributed by atoms with Crippen molar-refractivity contribution in [3.63, 3.8) is 0 Å². The predicted molar refractivity (Wildman–Crippen MR) is 63.1 cm³/mol. The number of carboxylic acid groups (broad SMARTS) is 1.